The molecule has 0 aromatic rings. The second-order valence-corrected chi connectivity index (χ2v) is 1.06. The van der Waals surface area contributed by atoms with Crippen molar-refractivity contribution >= 4 is 50.9 Å². The third kappa shape index (κ3) is 18.0. The minimum Gasteiger partial charge on any atom is -0.114 e. The van der Waals surface area contributed by atoms with Crippen molar-refractivity contribution in [3.63, 3.8) is 0 Å². The van der Waals surface area contributed by atoms with Gasteiger partial charge in [-0.05, 0) is 0 Å². The van der Waals surface area contributed by atoms with Crippen molar-refractivity contribution < 1.29 is 0 Å². The van der Waals surface area contributed by atoms with E-state index in [1.54, 1.807) is 0 Å². The fourth-order valence-corrected chi connectivity index (χ4v) is 0. The lowest BCUT2D eigenvalue weighted by atomic mass is 11.0. The van der Waals surface area contributed by atoms with Gasteiger partial charge in [0.2, 0.25) is 0 Å². The Bertz CT molecular complexity index is 10.8. The molecule has 0 saturated heterocycles. The maximum absolute atomic E-state index is 1.50. The Morgan fingerprint density at radius 1 is 0.500 bits per heavy atom. The molecule has 0 heterocycles. The summed E-state index contributed by atoms with van der Waals surface area (Å²) in [6.07, 6.45) is 4.50. The quantitative estimate of drug-likeness (QED) is 0.642. The maximum Gasteiger partial charge on any atom is -0.0533 e. The highest BCUT2D eigenvalue weighted by atomic mass is 79.9. The standard InChI is InChI=1S/C3H6.3BrH/c1-2-3-1;;;/h1-3H2;3*1H. The molecule has 6 heavy (non-hydrogen) atoms. The number of rotatable bonds is 0. The Morgan fingerprint density at radius 3 is 0.667 bits per heavy atom. The molecule has 42 valence electrons. The molecule has 0 bridgehead atoms. The van der Waals surface area contributed by atoms with E-state index in [0.29, 0.717) is 0 Å². The summed E-state index contributed by atoms with van der Waals surface area (Å²) < 4.78 is 0. The molecule has 1 aliphatic carbocycles. The highest BCUT2D eigenvalue weighted by Crippen LogP contribution is 2.14. The van der Waals surface area contributed by atoms with Gasteiger partial charge in [-0.3, -0.25) is 0 Å². The van der Waals surface area contributed by atoms with Gasteiger partial charge in [0.15, 0.2) is 0 Å². The molecule has 0 unspecified atom stereocenters. The third-order valence-corrected chi connectivity index (χ3v) is 0.354. The molecule has 0 N–H and O–H groups in total. The van der Waals surface area contributed by atoms with Crippen molar-refractivity contribution in [3.05, 3.63) is 0 Å². The smallest absolute Gasteiger partial charge is 0.0533 e. The highest BCUT2D eigenvalue weighted by Gasteiger charge is 1.95. The van der Waals surface area contributed by atoms with Crippen LogP contribution in [0.4, 0.5) is 0 Å². The van der Waals surface area contributed by atoms with Gasteiger partial charge in [-0.2, -0.15) is 0 Å². The van der Waals surface area contributed by atoms with E-state index < -0.39 is 0 Å². The van der Waals surface area contributed by atoms with Crippen LogP contribution in [0.1, 0.15) is 19.3 Å². The first kappa shape index (κ1) is 15.7. The van der Waals surface area contributed by atoms with Crippen LogP contribution in [-0.4, -0.2) is 0 Å². The Morgan fingerprint density at radius 2 is 0.667 bits per heavy atom. The molecule has 1 aliphatic rings. The van der Waals surface area contributed by atoms with Crippen LogP contribution in [0.3, 0.4) is 0 Å². The number of hydrogen-bond donors (Lipinski definition) is 0. The normalized spacial score (nSPS) is 12.0. The predicted octanol–water partition coefficient (Wildman–Crippen LogP) is 2.90. The Kier molecular flexibility index (Phi) is 25.2. The van der Waals surface area contributed by atoms with Gasteiger partial charge in [0, 0.05) is 0 Å². The summed E-state index contributed by atoms with van der Waals surface area (Å²) in [4.78, 5) is 0. The monoisotopic (exact) mass is 282 g/mol. The van der Waals surface area contributed by atoms with E-state index in [1.807, 2.05) is 0 Å². The van der Waals surface area contributed by atoms with Gasteiger partial charge in [0.25, 0.3) is 0 Å². The van der Waals surface area contributed by atoms with Gasteiger partial charge in [-0.1, -0.05) is 19.3 Å². The van der Waals surface area contributed by atoms with E-state index in [0.717, 1.165) is 0 Å². The molecule has 1 saturated carbocycles. The Balaban J connectivity index is -0.0000000300. The second kappa shape index (κ2) is 9.67. The van der Waals surface area contributed by atoms with E-state index in [-0.39, 0.29) is 50.9 Å². The van der Waals surface area contributed by atoms with Gasteiger partial charge in [-0.15, -0.1) is 50.9 Å². The van der Waals surface area contributed by atoms with Gasteiger partial charge < -0.3 is 0 Å². The highest BCUT2D eigenvalue weighted by molar-refractivity contribution is 8.93. The SMILES string of the molecule is Br.Br.Br.C1CC1. The van der Waals surface area contributed by atoms with E-state index >= 15 is 0 Å². The van der Waals surface area contributed by atoms with Crippen molar-refractivity contribution in [3.8, 4) is 0 Å². The summed E-state index contributed by atoms with van der Waals surface area (Å²) in [6.45, 7) is 0. The molecule has 1 rings (SSSR count). The van der Waals surface area contributed by atoms with E-state index in [1.165, 1.54) is 19.3 Å². The van der Waals surface area contributed by atoms with Gasteiger partial charge in [-0.25, -0.2) is 0 Å². The van der Waals surface area contributed by atoms with Gasteiger partial charge >= 0.3 is 0 Å². The fourth-order valence-electron chi connectivity index (χ4n) is 0. The number of halogens is 3. The molecule has 0 aliphatic heterocycles. The molecule has 0 aromatic carbocycles. The molecule has 0 nitrogen and oxygen atoms in total. The fraction of sp³-hybridized carbons (Fsp3) is 1.00. The molecular weight excluding hydrogens is 276 g/mol. The third-order valence-electron chi connectivity index (χ3n) is 0.354. The zero-order valence-corrected chi connectivity index (χ0v) is 8.49. The minimum atomic E-state index is 0. The van der Waals surface area contributed by atoms with E-state index in [4.69, 9.17) is 0 Å². The molecule has 0 spiro atoms. The molecule has 0 amide bonds. The first-order valence-corrected chi connectivity index (χ1v) is 1.50. The molecule has 3 heteroatoms. The summed E-state index contributed by atoms with van der Waals surface area (Å²) in [7, 11) is 0. The van der Waals surface area contributed by atoms with Crippen LogP contribution in [0.15, 0.2) is 0 Å². The van der Waals surface area contributed by atoms with Crippen LogP contribution in [-0.2, 0) is 0 Å². The van der Waals surface area contributed by atoms with Crippen LogP contribution in [0.25, 0.3) is 0 Å². The summed E-state index contributed by atoms with van der Waals surface area (Å²) in [5, 5.41) is 0. The molecule has 0 aromatic heterocycles. The lowest BCUT2D eigenvalue weighted by Gasteiger charge is -1.05. The first-order chi connectivity index (χ1) is 1.50. The van der Waals surface area contributed by atoms with Crippen molar-refractivity contribution in [2.24, 2.45) is 0 Å². The van der Waals surface area contributed by atoms with Crippen molar-refractivity contribution in [2.45, 2.75) is 19.3 Å². The van der Waals surface area contributed by atoms with Crippen LogP contribution in [0.5, 0.6) is 0 Å². The summed E-state index contributed by atoms with van der Waals surface area (Å²) in [5.41, 5.74) is 0. The molecule has 0 atom stereocenters. The lowest BCUT2D eigenvalue weighted by Crippen LogP contribution is -0.856. The molecule has 0 radical (unpaired) electrons. The van der Waals surface area contributed by atoms with Crippen molar-refractivity contribution in [2.75, 3.05) is 0 Å². The lowest BCUT2D eigenvalue weighted by molar-refractivity contribution is 1.50. The zero-order chi connectivity index (χ0) is 2.12. The minimum absolute atomic E-state index is 0. The first-order valence-electron chi connectivity index (χ1n) is 1.50. The van der Waals surface area contributed by atoms with Crippen LogP contribution >= 0.6 is 50.9 Å². The second-order valence-electron chi connectivity index (χ2n) is 1.06. The van der Waals surface area contributed by atoms with Gasteiger partial charge in [0.1, 0.15) is 0 Å². The summed E-state index contributed by atoms with van der Waals surface area (Å²) in [6, 6.07) is 0. The van der Waals surface area contributed by atoms with Crippen LogP contribution in [0, 0.1) is 0 Å². The maximum atomic E-state index is 1.50. The topological polar surface area (TPSA) is 0 Å². The predicted molar refractivity (Wildman–Crippen MR) is 44.8 cm³/mol. The molecular formula is C3H9Br3. The summed E-state index contributed by atoms with van der Waals surface area (Å²) >= 11 is 0. The van der Waals surface area contributed by atoms with Gasteiger partial charge in [0.05, 0.1) is 0 Å². The van der Waals surface area contributed by atoms with Crippen molar-refractivity contribution in [1.82, 2.24) is 0 Å². The average molecular weight is 285 g/mol. The zero-order valence-electron chi connectivity index (χ0n) is 3.35. The van der Waals surface area contributed by atoms with E-state index in [2.05, 4.69) is 0 Å². The Hall–Kier alpha value is 1.44. The molecule has 1 fully saturated rings. The van der Waals surface area contributed by atoms with Crippen LogP contribution in [0.2, 0.25) is 0 Å². The largest absolute Gasteiger partial charge is 0.114 e. The van der Waals surface area contributed by atoms with Crippen molar-refractivity contribution in [1.29, 1.82) is 0 Å². The Labute approximate surface area is 70.0 Å². The van der Waals surface area contributed by atoms with Crippen LogP contribution < -0.4 is 0 Å². The number of hydrogen-bond acceptors (Lipinski definition) is 0. The summed E-state index contributed by atoms with van der Waals surface area (Å²) in [5.74, 6) is 0. The van der Waals surface area contributed by atoms with E-state index in [9.17, 15) is 0 Å². The average Bonchev–Trinajstić information content (AvgIpc) is 1.46.